The Morgan fingerprint density at radius 3 is 3.08 bits per heavy atom. The van der Waals surface area contributed by atoms with Crippen LogP contribution in [0.25, 0.3) is 0 Å². The van der Waals surface area contributed by atoms with E-state index < -0.39 is 11.8 Å². The van der Waals surface area contributed by atoms with Crippen molar-refractivity contribution in [1.82, 2.24) is 4.98 Å². The van der Waals surface area contributed by atoms with Crippen LogP contribution in [-0.4, -0.2) is 18.1 Å². The summed E-state index contributed by atoms with van der Waals surface area (Å²) in [5.74, 6) is -0.938. The fourth-order valence-electron chi connectivity index (χ4n) is 0.814. The quantitative estimate of drug-likeness (QED) is 0.472. The number of nitrogens with zero attached hydrogens (tertiary/aromatic N) is 1. The van der Waals surface area contributed by atoms with Gasteiger partial charge in [-0.05, 0) is 28.7 Å². The van der Waals surface area contributed by atoms with Gasteiger partial charge in [0.15, 0.2) is 0 Å². The molecule has 0 aliphatic heterocycles. The fourth-order valence-corrected chi connectivity index (χ4v) is 1.33. The van der Waals surface area contributed by atoms with Crippen molar-refractivity contribution in [3.63, 3.8) is 0 Å². The van der Waals surface area contributed by atoms with Crippen molar-refractivity contribution in [3.05, 3.63) is 27.3 Å². The van der Waals surface area contributed by atoms with Crippen LogP contribution in [0, 0.1) is 9.52 Å². The van der Waals surface area contributed by atoms with Crippen LogP contribution in [0.3, 0.4) is 0 Å². The zero-order valence-electron chi connectivity index (χ0n) is 6.88. The summed E-state index contributed by atoms with van der Waals surface area (Å²) in [6.45, 7) is 0. The van der Waals surface area contributed by atoms with Gasteiger partial charge in [0.05, 0.1) is 19.7 Å². The molecule has 0 aliphatic carbocycles. The molecule has 0 bridgehead atoms. The molecule has 0 radical (unpaired) electrons. The molecule has 0 aliphatic rings. The van der Waals surface area contributed by atoms with Crippen LogP contribution in [0.2, 0.25) is 0 Å². The van der Waals surface area contributed by atoms with Gasteiger partial charge < -0.3 is 4.74 Å². The predicted molar refractivity (Wildman–Crippen MR) is 52.6 cm³/mol. The third-order valence-corrected chi connectivity index (χ3v) is 2.05. The Morgan fingerprint density at radius 1 is 1.77 bits per heavy atom. The lowest BCUT2D eigenvalue weighted by Crippen LogP contribution is -2.06. The van der Waals surface area contributed by atoms with Crippen molar-refractivity contribution < 1.29 is 13.9 Å². The number of hydrogen-bond acceptors (Lipinski definition) is 3. The zero-order chi connectivity index (χ0) is 9.84. The molecule has 70 valence electrons. The highest BCUT2D eigenvalue weighted by atomic mass is 127. The predicted octanol–water partition coefficient (Wildman–Crippen LogP) is 1.54. The van der Waals surface area contributed by atoms with E-state index in [9.17, 15) is 9.18 Å². The Morgan fingerprint density at radius 2 is 2.46 bits per heavy atom. The second-order valence-corrected chi connectivity index (χ2v) is 3.46. The monoisotopic (exact) mass is 295 g/mol. The van der Waals surface area contributed by atoms with Gasteiger partial charge in [-0.15, -0.1) is 0 Å². The maximum absolute atomic E-state index is 13.0. The Bertz CT molecular complexity index is 330. The van der Waals surface area contributed by atoms with Crippen LogP contribution < -0.4 is 0 Å². The molecule has 1 aromatic rings. The molecule has 13 heavy (non-hydrogen) atoms. The lowest BCUT2D eigenvalue weighted by Gasteiger charge is -2.01. The van der Waals surface area contributed by atoms with Gasteiger partial charge in [0.25, 0.3) is 0 Å². The second-order valence-electron chi connectivity index (χ2n) is 2.35. The maximum Gasteiger partial charge on any atom is 0.310 e. The summed E-state index contributed by atoms with van der Waals surface area (Å²) >= 11 is 1.95. The van der Waals surface area contributed by atoms with Gasteiger partial charge in [0, 0.05) is 5.56 Å². The molecule has 0 aromatic carbocycles. The first kappa shape index (κ1) is 10.4. The second kappa shape index (κ2) is 4.50. The van der Waals surface area contributed by atoms with Crippen LogP contribution in [0.15, 0.2) is 12.3 Å². The molecule has 1 heterocycles. The smallest absolute Gasteiger partial charge is 0.310 e. The highest BCUT2D eigenvalue weighted by molar-refractivity contribution is 14.1. The first-order valence-corrected chi connectivity index (χ1v) is 4.58. The van der Waals surface area contributed by atoms with Crippen molar-refractivity contribution >= 4 is 28.6 Å². The lowest BCUT2D eigenvalue weighted by molar-refractivity contribution is -0.139. The summed E-state index contributed by atoms with van der Waals surface area (Å²) < 4.78 is 18.1. The van der Waals surface area contributed by atoms with E-state index in [0.717, 1.165) is 6.20 Å². The van der Waals surface area contributed by atoms with Crippen LogP contribution >= 0.6 is 22.6 Å². The maximum atomic E-state index is 13.0. The number of aromatic nitrogens is 1. The number of hydrogen-bond donors (Lipinski definition) is 0. The van der Waals surface area contributed by atoms with Crippen molar-refractivity contribution in [1.29, 1.82) is 0 Å². The van der Waals surface area contributed by atoms with Crippen LogP contribution in [-0.2, 0) is 16.0 Å². The van der Waals surface area contributed by atoms with E-state index in [-0.39, 0.29) is 6.42 Å². The zero-order valence-corrected chi connectivity index (χ0v) is 9.04. The largest absolute Gasteiger partial charge is 0.469 e. The molecule has 0 amide bonds. The Kier molecular flexibility index (Phi) is 3.58. The van der Waals surface area contributed by atoms with Gasteiger partial charge in [0.1, 0.15) is 9.52 Å². The van der Waals surface area contributed by atoms with E-state index in [1.165, 1.54) is 13.2 Å². The Labute approximate surface area is 88.4 Å². The Hall–Kier alpha value is -0.720. The number of rotatable bonds is 2. The van der Waals surface area contributed by atoms with Crippen molar-refractivity contribution in [2.75, 3.05) is 7.11 Å². The minimum atomic E-state index is -0.481. The molecular formula is C8H7FINO2. The minimum absolute atomic E-state index is 0.0547. The van der Waals surface area contributed by atoms with Crippen LogP contribution in [0.1, 0.15) is 5.56 Å². The number of esters is 1. The van der Waals surface area contributed by atoms with Crippen molar-refractivity contribution in [2.45, 2.75) is 6.42 Å². The van der Waals surface area contributed by atoms with E-state index >= 15 is 0 Å². The molecular weight excluding hydrogens is 288 g/mol. The summed E-state index contributed by atoms with van der Waals surface area (Å²) in [7, 11) is 1.27. The summed E-state index contributed by atoms with van der Waals surface area (Å²) in [5.41, 5.74) is 0.311. The molecule has 0 fully saturated rings. The number of carbonyl (C=O) groups is 1. The van der Waals surface area contributed by atoms with Gasteiger partial charge in [0.2, 0.25) is 0 Å². The fraction of sp³-hybridized carbons (Fsp3) is 0.250. The number of carbonyl (C=O) groups excluding carboxylic acids is 1. The van der Waals surface area contributed by atoms with Crippen LogP contribution in [0.4, 0.5) is 4.39 Å². The van der Waals surface area contributed by atoms with E-state index in [4.69, 9.17) is 0 Å². The van der Waals surface area contributed by atoms with Crippen molar-refractivity contribution in [3.8, 4) is 0 Å². The lowest BCUT2D eigenvalue weighted by atomic mass is 10.2. The van der Waals surface area contributed by atoms with E-state index in [2.05, 4.69) is 9.72 Å². The minimum Gasteiger partial charge on any atom is -0.469 e. The average molecular weight is 295 g/mol. The normalized spacial score (nSPS) is 9.77. The molecule has 0 unspecified atom stereocenters. The van der Waals surface area contributed by atoms with Gasteiger partial charge in [-0.3, -0.25) is 4.79 Å². The molecule has 0 atom stereocenters. The molecule has 0 saturated carbocycles. The summed E-state index contributed by atoms with van der Waals surface area (Å²) in [5, 5.41) is 0. The van der Waals surface area contributed by atoms with Gasteiger partial charge in [-0.25, -0.2) is 9.37 Å². The summed E-state index contributed by atoms with van der Waals surface area (Å²) in [6, 6.07) is 1.52. The number of methoxy groups -OCH3 is 1. The summed E-state index contributed by atoms with van der Waals surface area (Å²) in [6.07, 6.45) is 1.04. The average Bonchev–Trinajstić information content (AvgIpc) is 2.11. The topological polar surface area (TPSA) is 39.2 Å². The number of pyridine rings is 1. The molecule has 1 aromatic heterocycles. The van der Waals surface area contributed by atoms with Gasteiger partial charge in [-0.1, -0.05) is 0 Å². The molecule has 0 N–H and O–H groups in total. The SMILES string of the molecule is COC(=O)Cc1cc(I)ncc1F. The standard InChI is InChI=1S/C8H7FINO2/c1-13-8(12)3-5-2-7(10)11-4-6(5)9/h2,4H,3H2,1H3. The summed E-state index contributed by atoms with van der Waals surface area (Å²) in [4.78, 5) is 14.6. The first-order chi connectivity index (χ1) is 6.13. The molecule has 0 saturated heterocycles. The van der Waals surface area contributed by atoms with E-state index in [0.29, 0.717) is 9.26 Å². The third-order valence-electron chi connectivity index (χ3n) is 1.46. The highest BCUT2D eigenvalue weighted by Gasteiger charge is 2.08. The first-order valence-electron chi connectivity index (χ1n) is 3.50. The van der Waals surface area contributed by atoms with Crippen LogP contribution in [0.5, 0.6) is 0 Å². The van der Waals surface area contributed by atoms with E-state index in [1.54, 1.807) is 0 Å². The van der Waals surface area contributed by atoms with Gasteiger partial charge in [-0.2, -0.15) is 0 Å². The number of ether oxygens (including phenoxy) is 1. The van der Waals surface area contributed by atoms with Crippen molar-refractivity contribution in [2.24, 2.45) is 0 Å². The molecule has 3 nitrogen and oxygen atoms in total. The third kappa shape index (κ3) is 2.91. The molecule has 0 spiro atoms. The Balaban J connectivity index is 2.87. The van der Waals surface area contributed by atoms with Gasteiger partial charge >= 0.3 is 5.97 Å². The highest BCUT2D eigenvalue weighted by Crippen LogP contribution is 2.10. The van der Waals surface area contributed by atoms with E-state index in [1.807, 2.05) is 22.6 Å². The molecule has 1 rings (SSSR count). The number of halogens is 2. The molecule has 5 heteroatoms.